The van der Waals surface area contributed by atoms with Crippen molar-refractivity contribution in [2.24, 2.45) is 0 Å². The quantitative estimate of drug-likeness (QED) is 0.193. The van der Waals surface area contributed by atoms with Gasteiger partial charge in [0.05, 0.1) is 62.7 Å². The molecule has 5 heteroatoms. The van der Waals surface area contributed by atoms with Crippen molar-refractivity contribution in [1.82, 2.24) is 9.13 Å². The Morgan fingerprint density at radius 1 is 0.400 bits per heavy atom. The van der Waals surface area contributed by atoms with Crippen LogP contribution in [0.15, 0.2) is 152 Å². The van der Waals surface area contributed by atoms with Gasteiger partial charge < -0.3 is 9.13 Å². The molecule has 5 nitrogen and oxygen atoms in total. The summed E-state index contributed by atoms with van der Waals surface area (Å²) in [5.74, 6) is 0. The second-order valence-corrected chi connectivity index (χ2v) is 12.3. The summed E-state index contributed by atoms with van der Waals surface area (Å²) in [6.07, 6.45) is 0. The average molecular weight is 636 g/mol. The van der Waals surface area contributed by atoms with Crippen LogP contribution in [0.4, 0.5) is 0 Å². The van der Waals surface area contributed by atoms with Gasteiger partial charge in [0.1, 0.15) is 0 Å². The minimum atomic E-state index is 0.562. The Kier molecular flexibility index (Phi) is 6.56. The van der Waals surface area contributed by atoms with Crippen LogP contribution >= 0.6 is 0 Å². The Bertz CT molecular complexity index is 2960. The summed E-state index contributed by atoms with van der Waals surface area (Å²) in [5, 5.41) is 33.5. The zero-order valence-electron chi connectivity index (χ0n) is 26.7. The van der Waals surface area contributed by atoms with E-state index >= 15 is 0 Å². The molecule has 0 spiro atoms. The molecule has 7 aromatic carbocycles. The molecule has 0 saturated heterocycles. The van der Waals surface area contributed by atoms with Crippen molar-refractivity contribution >= 4 is 43.6 Å². The van der Waals surface area contributed by atoms with E-state index in [4.69, 9.17) is 0 Å². The molecule has 230 valence electrons. The molecule has 2 heterocycles. The van der Waals surface area contributed by atoms with Crippen molar-refractivity contribution < 1.29 is 0 Å². The second kappa shape index (κ2) is 11.4. The number of aromatic nitrogens is 2. The molecule has 50 heavy (non-hydrogen) atoms. The van der Waals surface area contributed by atoms with E-state index in [0.717, 1.165) is 77.2 Å². The predicted octanol–water partition coefficient (Wildman–Crippen LogP) is 10.8. The lowest BCUT2D eigenvalue weighted by Crippen LogP contribution is -1.98. The Labute approximate surface area is 287 Å². The number of fused-ring (bicyclic) bond motifs is 6. The van der Waals surface area contributed by atoms with Crippen molar-refractivity contribution in [3.05, 3.63) is 168 Å². The summed E-state index contributed by atoms with van der Waals surface area (Å²) < 4.78 is 4.42. The highest BCUT2D eigenvalue weighted by Gasteiger charge is 2.19. The number of rotatable bonds is 4. The number of benzene rings is 7. The average Bonchev–Trinajstić information content (AvgIpc) is 3.70. The summed E-state index contributed by atoms with van der Waals surface area (Å²) in [6.45, 7) is 0. The summed E-state index contributed by atoms with van der Waals surface area (Å²) in [4.78, 5) is 0. The van der Waals surface area contributed by atoms with Crippen LogP contribution in [-0.4, -0.2) is 9.13 Å². The molecule has 0 N–H and O–H groups in total. The first kappa shape index (κ1) is 28.8. The molecule has 0 aliphatic rings. The Balaban J connectivity index is 1.18. The maximum absolute atomic E-state index is 10.00. The SMILES string of the molecule is N#Cc1ccc(-c2cccc(-c3ccc(-n4c5ccccc5c5cc(C#N)ccc54)cc3)c2)c(-n2c3ccccc3c3c(C#N)cccc32)c1. The third-order valence-electron chi connectivity index (χ3n) is 9.62. The lowest BCUT2D eigenvalue weighted by Gasteiger charge is -2.16. The third-order valence-corrected chi connectivity index (χ3v) is 9.62. The molecule has 0 amide bonds. The summed E-state index contributed by atoms with van der Waals surface area (Å²) in [6, 6.07) is 57.9. The van der Waals surface area contributed by atoms with Crippen LogP contribution in [0.25, 0.3) is 77.2 Å². The maximum atomic E-state index is 10.00. The van der Waals surface area contributed by atoms with Gasteiger partial charge in [0.2, 0.25) is 0 Å². The largest absolute Gasteiger partial charge is 0.309 e. The van der Waals surface area contributed by atoms with E-state index in [0.29, 0.717) is 16.7 Å². The van der Waals surface area contributed by atoms with Gasteiger partial charge in [-0.2, -0.15) is 15.8 Å². The van der Waals surface area contributed by atoms with E-state index < -0.39 is 0 Å². The second-order valence-electron chi connectivity index (χ2n) is 12.3. The molecule has 2 aromatic heterocycles. The summed E-state index contributed by atoms with van der Waals surface area (Å²) >= 11 is 0. The number of nitriles is 3. The van der Waals surface area contributed by atoms with E-state index in [1.54, 1.807) is 0 Å². The van der Waals surface area contributed by atoms with Crippen molar-refractivity contribution in [2.75, 3.05) is 0 Å². The zero-order chi connectivity index (χ0) is 33.8. The lowest BCUT2D eigenvalue weighted by atomic mass is 9.96. The number of hydrogen-bond acceptors (Lipinski definition) is 3. The zero-order valence-corrected chi connectivity index (χ0v) is 26.7. The van der Waals surface area contributed by atoms with Crippen LogP contribution in [-0.2, 0) is 0 Å². The molecule has 0 aliphatic heterocycles. The van der Waals surface area contributed by atoms with E-state index in [1.165, 1.54) is 0 Å². The fourth-order valence-electron chi connectivity index (χ4n) is 7.39. The minimum Gasteiger partial charge on any atom is -0.309 e. The van der Waals surface area contributed by atoms with Crippen molar-refractivity contribution in [1.29, 1.82) is 15.8 Å². The van der Waals surface area contributed by atoms with Gasteiger partial charge in [-0.25, -0.2) is 0 Å². The smallest absolute Gasteiger partial charge is 0.0998 e. The highest BCUT2D eigenvalue weighted by atomic mass is 15.0. The standard InChI is InChI=1S/C45H25N5/c46-26-29-16-22-42-39(23-29)37-10-1-3-12-40(37)49(42)35-19-17-31(18-20-35)32-7-5-8-33(25-32)36-21-15-30(27-47)24-44(36)50-41-13-4-2-11-38(41)45-34(28-48)9-6-14-43(45)50/h1-25H. The molecular weight excluding hydrogens is 611 g/mol. The van der Waals surface area contributed by atoms with Gasteiger partial charge in [-0.15, -0.1) is 0 Å². The van der Waals surface area contributed by atoms with Gasteiger partial charge in [0.15, 0.2) is 0 Å². The van der Waals surface area contributed by atoms with Crippen LogP contribution in [0.1, 0.15) is 16.7 Å². The highest BCUT2D eigenvalue weighted by molar-refractivity contribution is 6.12. The third kappa shape index (κ3) is 4.38. The summed E-state index contributed by atoms with van der Waals surface area (Å²) in [7, 11) is 0. The molecule has 0 fully saturated rings. The first-order chi connectivity index (χ1) is 24.7. The number of hydrogen-bond donors (Lipinski definition) is 0. The van der Waals surface area contributed by atoms with E-state index in [9.17, 15) is 15.8 Å². The molecule has 9 aromatic rings. The van der Waals surface area contributed by atoms with Gasteiger partial charge in [0, 0.05) is 32.8 Å². The van der Waals surface area contributed by atoms with E-state index in [2.05, 4.69) is 100 Å². The molecule has 0 saturated carbocycles. The molecule has 0 bridgehead atoms. The van der Waals surface area contributed by atoms with Gasteiger partial charge >= 0.3 is 0 Å². The van der Waals surface area contributed by atoms with Gasteiger partial charge in [-0.1, -0.05) is 78.9 Å². The monoisotopic (exact) mass is 635 g/mol. The topological polar surface area (TPSA) is 81.2 Å². The van der Waals surface area contributed by atoms with Crippen molar-refractivity contribution in [3.63, 3.8) is 0 Å². The lowest BCUT2D eigenvalue weighted by molar-refractivity contribution is 1.18. The van der Waals surface area contributed by atoms with Crippen molar-refractivity contribution in [2.45, 2.75) is 0 Å². The molecule has 0 atom stereocenters. The van der Waals surface area contributed by atoms with Gasteiger partial charge in [-0.3, -0.25) is 0 Å². The van der Waals surface area contributed by atoms with Crippen LogP contribution in [0, 0.1) is 34.0 Å². The van der Waals surface area contributed by atoms with E-state index in [1.807, 2.05) is 78.9 Å². The first-order valence-corrected chi connectivity index (χ1v) is 16.3. The predicted molar refractivity (Wildman–Crippen MR) is 200 cm³/mol. The first-order valence-electron chi connectivity index (χ1n) is 16.3. The summed E-state index contributed by atoms with van der Waals surface area (Å²) in [5.41, 5.74) is 11.9. The Morgan fingerprint density at radius 2 is 1.04 bits per heavy atom. The molecular formula is C45H25N5. The fraction of sp³-hybridized carbons (Fsp3) is 0. The Hall–Kier alpha value is -7.39. The number of nitrogens with zero attached hydrogens (tertiary/aromatic N) is 5. The molecule has 0 aliphatic carbocycles. The van der Waals surface area contributed by atoms with Crippen LogP contribution in [0.5, 0.6) is 0 Å². The fourth-order valence-corrected chi connectivity index (χ4v) is 7.39. The number of para-hydroxylation sites is 2. The highest BCUT2D eigenvalue weighted by Crippen LogP contribution is 2.39. The van der Waals surface area contributed by atoms with E-state index in [-0.39, 0.29) is 0 Å². The van der Waals surface area contributed by atoms with Crippen molar-refractivity contribution in [3.8, 4) is 51.8 Å². The molecule has 9 rings (SSSR count). The van der Waals surface area contributed by atoms with Crippen LogP contribution < -0.4 is 0 Å². The minimum absolute atomic E-state index is 0.562. The maximum Gasteiger partial charge on any atom is 0.0998 e. The van der Waals surface area contributed by atoms with Gasteiger partial charge in [-0.05, 0) is 89.5 Å². The van der Waals surface area contributed by atoms with Crippen LogP contribution in [0.2, 0.25) is 0 Å². The molecule has 0 radical (unpaired) electrons. The van der Waals surface area contributed by atoms with Gasteiger partial charge in [0.25, 0.3) is 0 Å². The Morgan fingerprint density at radius 3 is 1.82 bits per heavy atom. The normalized spacial score (nSPS) is 11.1. The van der Waals surface area contributed by atoms with Crippen LogP contribution in [0.3, 0.4) is 0 Å². The molecule has 0 unspecified atom stereocenters.